The summed E-state index contributed by atoms with van der Waals surface area (Å²) in [7, 11) is 0. The molecule has 8 aromatic rings. The van der Waals surface area contributed by atoms with E-state index in [0.29, 0.717) is 49.1 Å². The first-order valence-electron chi connectivity index (χ1n) is 16.2. The number of benzene rings is 4. The van der Waals surface area contributed by atoms with E-state index in [1.165, 1.54) is 5.39 Å². The molecule has 0 bridgehead atoms. The van der Waals surface area contributed by atoms with E-state index >= 15 is 0 Å². The van der Waals surface area contributed by atoms with Gasteiger partial charge in [0.1, 0.15) is 11.4 Å². The minimum absolute atomic E-state index is 0.596. The van der Waals surface area contributed by atoms with Crippen molar-refractivity contribution >= 4 is 21.5 Å². The molecule has 0 saturated carbocycles. The normalized spacial score (nSPS) is 10.4. The van der Waals surface area contributed by atoms with E-state index in [0.717, 1.165) is 38.7 Å². The zero-order valence-corrected chi connectivity index (χ0v) is 27.0. The molecule has 0 N–H and O–H groups in total. The highest BCUT2D eigenvalue weighted by molar-refractivity contribution is 5.95. The third kappa shape index (κ3) is 8.14. The fraction of sp³-hybridized carbons (Fsp3) is 0.0952. The summed E-state index contributed by atoms with van der Waals surface area (Å²) < 4.78 is 10.7. The number of rotatable bonds is 6. The highest BCUT2D eigenvalue weighted by atomic mass is 16.5. The van der Waals surface area contributed by atoms with Crippen LogP contribution in [0.3, 0.4) is 0 Å². The standard InChI is InChI=1S/2C21H15N3O/c1-3-12-18-16(8-1)9-7-13-19(18)21-23-20(25-24-21)14-4-2-10-17-11-5-6-15-22-17;1-2-8-17-15-18(13-12-16(17)7-1)21-23-20(25-24-21)11-4-3-9-19-10-5-6-14-22-19/h1,3,5-9,11-13,15H,4,14H2;1-2,5-8,10,12-15H,4,11H2. The molecule has 4 heterocycles. The number of nitrogens with zero attached hydrogens (tertiary/aromatic N) is 6. The van der Waals surface area contributed by atoms with Crippen LogP contribution in [0.4, 0.5) is 0 Å². The van der Waals surface area contributed by atoms with E-state index in [1.807, 2.05) is 78.9 Å². The van der Waals surface area contributed by atoms with Gasteiger partial charge in [-0.2, -0.15) is 9.97 Å². The summed E-state index contributed by atoms with van der Waals surface area (Å²) in [6, 6.07) is 40.0. The number of hydrogen-bond acceptors (Lipinski definition) is 8. The first kappa shape index (κ1) is 31.7. The van der Waals surface area contributed by atoms with Gasteiger partial charge in [-0.3, -0.25) is 0 Å². The Balaban J connectivity index is 0.000000157. The summed E-state index contributed by atoms with van der Waals surface area (Å²) in [5.41, 5.74) is 3.47. The van der Waals surface area contributed by atoms with Crippen LogP contribution in [0.2, 0.25) is 0 Å². The van der Waals surface area contributed by atoms with Crippen LogP contribution in [-0.2, 0) is 12.8 Å². The van der Waals surface area contributed by atoms with Crippen LogP contribution in [0, 0.1) is 23.7 Å². The lowest BCUT2D eigenvalue weighted by atomic mass is 10.0. The molecular weight excluding hydrogens is 621 g/mol. The first-order chi connectivity index (χ1) is 24.8. The molecule has 0 aliphatic carbocycles. The number of hydrogen-bond donors (Lipinski definition) is 0. The van der Waals surface area contributed by atoms with E-state index in [-0.39, 0.29) is 0 Å². The quantitative estimate of drug-likeness (QED) is 0.165. The van der Waals surface area contributed by atoms with Gasteiger partial charge in [-0.15, -0.1) is 0 Å². The fourth-order valence-electron chi connectivity index (χ4n) is 5.21. The maximum absolute atomic E-state index is 5.38. The van der Waals surface area contributed by atoms with Gasteiger partial charge in [0.05, 0.1) is 0 Å². The van der Waals surface area contributed by atoms with Crippen molar-refractivity contribution in [1.82, 2.24) is 30.2 Å². The predicted molar refractivity (Wildman–Crippen MR) is 193 cm³/mol. The lowest BCUT2D eigenvalue weighted by molar-refractivity contribution is 0.380. The van der Waals surface area contributed by atoms with Gasteiger partial charge in [-0.05, 0) is 63.7 Å². The van der Waals surface area contributed by atoms with E-state index in [1.54, 1.807) is 12.4 Å². The Morgan fingerprint density at radius 2 is 1.08 bits per heavy atom. The maximum atomic E-state index is 5.38. The summed E-state index contributed by atoms with van der Waals surface area (Å²) in [6.45, 7) is 0. The lowest BCUT2D eigenvalue weighted by Gasteiger charge is -2.01. The Bertz CT molecular complexity index is 2460. The summed E-state index contributed by atoms with van der Waals surface area (Å²) in [4.78, 5) is 17.3. The Morgan fingerprint density at radius 1 is 0.500 bits per heavy atom. The van der Waals surface area contributed by atoms with Crippen LogP contribution in [-0.4, -0.2) is 30.2 Å². The van der Waals surface area contributed by atoms with E-state index in [9.17, 15) is 0 Å². The molecule has 0 aliphatic heterocycles. The van der Waals surface area contributed by atoms with Crippen molar-refractivity contribution < 1.29 is 9.05 Å². The summed E-state index contributed by atoms with van der Waals surface area (Å²) in [5.74, 6) is 14.6. The number of aromatic nitrogens is 6. The molecule has 0 amide bonds. The van der Waals surface area contributed by atoms with Gasteiger partial charge in [0.2, 0.25) is 23.4 Å². The van der Waals surface area contributed by atoms with Crippen molar-refractivity contribution in [2.45, 2.75) is 25.7 Å². The third-order valence-electron chi connectivity index (χ3n) is 7.66. The van der Waals surface area contributed by atoms with Crippen molar-refractivity contribution in [2.75, 3.05) is 0 Å². The Morgan fingerprint density at radius 3 is 1.76 bits per heavy atom. The number of aryl methyl sites for hydroxylation is 2. The molecule has 0 spiro atoms. The summed E-state index contributed by atoms with van der Waals surface area (Å²) in [6.07, 6.45) is 6.01. The van der Waals surface area contributed by atoms with Crippen LogP contribution in [0.1, 0.15) is 36.0 Å². The zero-order chi connectivity index (χ0) is 33.8. The Hall–Kier alpha value is -6.90. The molecule has 0 aliphatic rings. The molecule has 240 valence electrons. The zero-order valence-electron chi connectivity index (χ0n) is 27.0. The average molecular weight is 651 g/mol. The number of fused-ring (bicyclic) bond motifs is 2. The lowest BCUT2D eigenvalue weighted by Crippen LogP contribution is -1.86. The summed E-state index contributed by atoms with van der Waals surface area (Å²) >= 11 is 0. The first-order valence-corrected chi connectivity index (χ1v) is 16.2. The molecular formula is C42H30N6O2. The van der Waals surface area contributed by atoms with Crippen molar-refractivity contribution in [3.05, 3.63) is 157 Å². The minimum Gasteiger partial charge on any atom is -0.339 e. The molecule has 50 heavy (non-hydrogen) atoms. The van der Waals surface area contributed by atoms with E-state index in [4.69, 9.17) is 9.05 Å². The maximum Gasteiger partial charge on any atom is 0.227 e. The monoisotopic (exact) mass is 650 g/mol. The van der Waals surface area contributed by atoms with Crippen LogP contribution >= 0.6 is 0 Å². The van der Waals surface area contributed by atoms with Gasteiger partial charge in [0.25, 0.3) is 0 Å². The van der Waals surface area contributed by atoms with Gasteiger partial charge in [-0.1, -0.05) is 113 Å². The van der Waals surface area contributed by atoms with Crippen LogP contribution < -0.4 is 0 Å². The van der Waals surface area contributed by atoms with Crippen LogP contribution in [0.15, 0.2) is 143 Å². The van der Waals surface area contributed by atoms with E-state index < -0.39 is 0 Å². The molecule has 0 fully saturated rings. The number of pyridine rings is 2. The van der Waals surface area contributed by atoms with Crippen molar-refractivity contribution in [3.63, 3.8) is 0 Å². The molecule has 4 aromatic carbocycles. The predicted octanol–water partition coefficient (Wildman–Crippen LogP) is 8.54. The van der Waals surface area contributed by atoms with Gasteiger partial charge in [-0.25, -0.2) is 9.97 Å². The molecule has 0 atom stereocenters. The largest absolute Gasteiger partial charge is 0.339 e. The molecule has 0 radical (unpaired) electrons. The molecule has 0 unspecified atom stereocenters. The third-order valence-corrected chi connectivity index (χ3v) is 7.66. The highest BCUT2D eigenvalue weighted by Gasteiger charge is 2.11. The molecule has 8 nitrogen and oxygen atoms in total. The Labute approximate surface area is 289 Å². The van der Waals surface area contributed by atoms with Gasteiger partial charge < -0.3 is 9.05 Å². The second-order valence-electron chi connectivity index (χ2n) is 11.1. The fourth-order valence-corrected chi connectivity index (χ4v) is 5.21. The second kappa shape index (κ2) is 15.8. The summed E-state index contributed by atoms with van der Waals surface area (Å²) in [5, 5.41) is 12.8. The van der Waals surface area contributed by atoms with Gasteiger partial charge in [0, 0.05) is 49.2 Å². The molecule has 8 rings (SSSR count). The van der Waals surface area contributed by atoms with Crippen molar-refractivity contribution in [3.8, 4) is 46.5 Å². The molecule has 8 heteroatoms. The smallest absolute Gasteiger partial charge is 0.227 e. The van der Waals surface area contributed by atoms with Crippen molar-refractivity contribution in [2.24, 2.45) is 0 Å². The van der Waals surface area contributed by atoms with E-state index in [2.05, 4.69) is 96.4 Å². The van der Waals surface area contributed by atoms with Crippen molar-refractivity contribution in [1.29, 1.82) is 0 Å². The molecule has 0 saturated heterocycles. The van der Waals surface area contributed by atoms with Crippen LogP contribution in [0.5, 0.6) is 0 Å². The average Bonchev–Trinajstić information content (AvgIpc) is 3.86. The highest BCUT2D eigenvalue weighted by Crippen LogP contribution is 2.26. The topological polar surface area (TPSA) is 104 Å². The van der Waals surface area contributed by atoms with Gasteiger partial charge >= 0.3 is 0 Å². The molecule has 4 aromatic heterocycles. The second-order valence-corrected chi connectivity index (χ2v) is 11.1. The minimum atomic E-state index is 0.596. The Kier molecular flexibility index (Phi) is 10.0. The van der Waals surface area contributed by atoms with Crippen LogP contribution in [0.25, 0.3) is 44.3 Å². The van der Waals surface area contributed by atoms with Gasteiger partial charge in [0.15, 0.2) is 0 Å². The SMILES string of the molecule is C(#Cc1ccccn1)CCc1nc(-c2ccc3ccccc3c2)no1.C(#Cc1ccccn1)CCc1nc(-c2cccc3ccccc23)no1.